The third kappa shape index (κ3) is 5.76. The number of nitrogens with one attached hydrogen (secondary N) is 1. The zero-order chi connectivity index (χ0) is 24.1. The predicted octanol–water partition coefficient (Wildman–Crippen LogP) is -3.22. The van der Waals surface area contributed by atoms with Crippen molar-refractivity contribution in [3.05, 3.63) is 16.7 Å². The maximum Gasteiger partial charge on any atom is 0.481 e. The first-order chi connectivity index (χ1) is 14.6. The number of aromatic amines is 1. The number of aliphatic hydroxyl groups is 1. The van der Waals surface area contributed by atoms with Gasteiger partial charge in [-0.1, -0.05) is 0 Å². The van der Waals surface area contributed by atoms with E-state index in [2.05, 4.69) is 28.0 Å². The second-order valence-electron chi connectivity index (χ2n) is 6.22. The van der Waals surface area contributed by atoms with E-state index in [-0.39, 0.29) is 17.1 Å². The minimum Gasteiger partial charge on any atom is -0.387 e. The molecule has 5 unspecified atom stereocenters. The van der Waals surface area contributed by atoms with Gasteiger partial charge in [-0.25, -0.2) is 23.4 Å². The summed E-state index contributed by atoms with van der Waals surface area (Å²) >= 11 is 0. The molecule has 0 saturated carbocycles. The lowest BCUT2D eigenvalue weighted by molar-refractivity contribution is -0.0475. The Labute approximate surface area is 177 Å². The zero-order valence-corrected chi connectivity index (χ0v) is 18.0. The minimum absolute atomic E-state index is 0.203. The summed E-state index contributed by atoms with van der Waals surface area (Å²) in [4.78, 5) is 48.4. The highest BCUT2D eigenvalue weighted by molar-refractivity contribution is 7.84. The highest BCUT2D eigenvalue weighted by Crippen LogP contribution is 2.57. The molecular weight excluding hydrogens is 506 g/mol. The molecule has 1 fully saturated rings. The zero-order valence-electron chi connectivity index (χ0n) is 15.4. The first kappa shape index (κ1) is 24.8. The van der Waals surface area contributed by atoms with Crippen LogP contribution >= 0.6 is 15.6 Å². The van der Waals surface area contributed by atoms with E-state index >= 15 is 0 Å². The van der Waals surface area contributed by atoms with Crippen molar-refractivity contribution in [2.45, 2.75) is 24.5 Å². The number of nitrogens with two attached hydrogens (primary N) is 2. The lowest BCUT2D eigenvalue weighted by Crippen LogP contribution is -2.38. The highest BCUT2D eigenvalue weighted by Gasteiger charge is 2.49. The molecule has 2 aromatic rings. The van der Waals surface area contributed by atoms with Crippen molar-refractivity contribution in [2.75, 3.05) is 12.3 Å². The first-order valence-corrected chi connectivity index (χ1v) is 12.6. The molecule has 1 aliphatic rings. The van der Waals surface area contributed by atoms with Crippen molar-refractivity contribution < 1.29 is 55.1 Å². The monoisotopic (exact) mass is 522 g/mol. The van der Waals surface area contributed by atoms with Gasteiger partial charge in [-0.3, -0.25) is 18.9 Å². The summed E-state index contributed by atoms with van der Waals surface area (Å²) in [5.74, 6) is -0.331. The van der Waals surface area contributed by atoms with Gasteiger partial charge in [0.05, 0.1) is 12.9 Å². The molecule has 3 rings (SSSR count). The van der Waals surface area contributed by atoms with Crippen molar-refractivity contribution in [2.24, 2.45) is 5.14 Å². The summed E-state index contributed by atoms with van der Waals surface area (Å²) in [7, 11) is -15.4. The maximum absolute atomic E-state index is 11.9. The summed E-state index contributed by atoms with van der Waals surface area (Å²) < 4.78 is 64.3. The molecule has 9 N–H and O–H groups in total. The summed E-state index contributed by atoms with van der Waals surface area (Å²) in [6.45, 7) is -1.03. The molecule has 3 heterocycles. The fourth-order valence-corrected chi connectivity index (χ4v) is 4.91. The average molecular weight is 522 g/mol. The Hall–Kier alpha value is -1.80. The van der Waals surface area contributed by atoms with Gasteiger partial charge in [0.2, 0.25) is 5.95 Å². The molecule has 5 atom stereocenters. The fourth-order valence-electron chi connectivity index (χ4n) is 2.79. The van der Waals surface area contributed by atoms with Crippen molar-refractivity contribution in [1.29, 1.82) is 0 Å². The van der Waals surface area contributed by atoms with Crippen molar-refractivity contribution in [1.82, 2.24) is 19.5 Å². The number of fused-ring (bicyclic) bond motifs is 1. The number of nitrogens with zero attached hydrogens (tertiary/aromatic N) is 3. The van der Waals surface area contributed by atoms with Gasteiger partial charge in [0.25, 0.3) is 5.56 Å². The molecule has 0 amide bonds. The normalized spacial score (nSPS) is 26.4. The second kappa shape index (κ2) is 8.52. The van der Waals surface area contributed by atoms with Crippen molar-refractivity contribution >= 4 is 43.1 Å². The minimum atomic E-state index is -5.42. The Bertz CT molecular complexity index is 1270. The van der Waals surface area contributed by atoms with Crippen LogP contribution < -0.4 is 16.4 Å². The van der Waals surface area contributed by atoms with Gasteiger partial charge in [0.15, 0.2) is 23.5 Å². The summed E-state index contributed by atoms with van der Waals surface area (Å²) in [5.41, 5.74) is 4.30. The molecular formula is C10H16N6O13P2S. The van der Waals surface area contributed by atoms with Crippen LogP contribution in [0, 0.1) is 0 Å². The van der Waals surface area contributed by atoms with E-state index in [4.69, 9.17) is 25.4 Å². The Morgan fingerprint density at radius 1 is 1.31 bits per heavy atom. The molecule has 180 valence electrons. The molecule has 0 radical (unpaired) electrons. The Kier molecular flexibility index (Phi) is 6.61. The molecule has 0 aromatic carbocycles. The van der Waals surface area contributed by atoms with Gasteiger partial charge in [-0.05, 0) is 0 Å². The lowest BCUT2D eigenvalue weighted by Gasteiger charge is -2.20. The second-order valence-corrected chi connectivity index (χ2v) is 10.2. The van der Waals surface area contributed by atoms with Gasteiger partial charge in [-0.2, -0.15) is 17.7 Å². The van der Waals surface area contributed by atoms with E-state index in [1.807, 2.05) is 0 Å². The van der Waals surface area contributed by atoms with E-state index in [9.17, 15) is 32.3 Å². The Morgan fingerprint density at radius 2 is 1.97 bits per heavy atom. The van der Waals surface area contributed by atoms with Gasteiger partial charge in [0.1, 0.15) is 12.2 Å². The van der Waals surface area contributed by atoms with Gasteiger partial charge in [0, 0.05) is 0 Å². The molecule has 0 bridgehead atoms. The van der Waals surface area contributed by atoms with E-state index in [0.29, 0.717) is 0 Å². The standard InChI is InChI=1S/C10H16N6O13P2S/c11-10-14-7-4(8(18)15-10)13-2-16(7)9-6(28-32(12,24)25)5(17)3(27-9)1-26-31(22,23)29-30(19,20)21/h2-3,5-6,9,17H,1H2,(H,22,23)(H2,12,24,25)(H2,19,20,21)(H3,11,14,15,18). The molecule has 2 aromatic heterocycles. The number of rotatable bonds is 8. The van der Waals surface area contributed by atoms with Crippen LogP contribution in [0.3, 0.4) is 0 Å². The quantitative estimate of drug-likeness (QED) is 0.168. The van der Waals surface area contributed by atoms with E-state index < -0.39 is 62.7 Å². The number of imidazole rings is 1. The number of hydrogen-bond acceptors (Lipinski definition) is 13. The molecule has 22 heteroatoms. The number of aliphatic hydroxyl groups excluding tert-OH is 1. The lowest BCUT2D eigenvalue weighted by atomic mass is 10.1. The van der Waals surface area contributed by atoms with E-state index in [0.717, 1.165) is 10.9 Å². The number of H-pyrrole nitrogens is 1. The number of hydrogen-bond donors (Lipinski definition) is 7. The summed E-state index contributed by atoms with van der Waals surface area (Å²) in [5, 5.41) is 15.3. The van der Waals surface area contributed by atoms with Crippen LogP contribution in [0.15, 0.2) is 11.1 Å². The van der Waals surface area contributed by atoms with Crippen LogP contribution in [-0.2, 0) is 37.2 Å². The number of aromatic nitrogens is 4. The molecule has 0 spiro atoms. The third-order valence-corrected chi connectivity index (χ3v) is 6.54. The van der Waals surface area contributed by atoms with Crippen LogP contribution in [0.1, 0.15) is 6.23 Å². The van der Waals surface area contributed by atoms with E-state index in [1.165, 1.54) is 0 Å². The maximum atomic E-state index is 11.9. The number of phosphoric acid groups is 2. The van der Waals surface area contributed by atoms with Crippen molar-refractivity contribution in [3.63, 3.8) is 0 Å². The van der Waals surface area contributed by atoms with Crippen LogP contribution in [0.4, 0.5) is 5.95 Å². The highest BCUT2D eigenvalue weighted by atomic mass is 32.2. The number of ether oxygens (including phenoxy) is 1. The smallest absolute Gasteiger partial charge is 0.387 e. The van der Waals surface area contributed by atoms with Crippen LogP contribution in [0.25, 0.3) is 11.2 Å². The average Bonchev–Trinajstić information content (AvgIpc) is 3.12. The van der Waals surface area contributed by atoms with Crippen molar-refractivity contribution in [3.8, 4) is 0 Å². The number of nitrogen functional groups attached to an aromatic ring is 1. The van der Waals surface area contributed by atoms with Crippen LogP contribution in [0.5, 0.6) is 0 Å². The van der Waals surface area contributed by atoms with Crippen LogP contribution in [-0.4, -0.2) is 72.6 Å². The third-order valence-electron chi connectivity index (χ3n) is 3.89. The number of phosphoric ester groups is 1. The summed E-state index contributed by atoms with van der Waals surface area (Å²) in [6.07, 6.45) is -5.93. The molecule has 1 saturated heterocycles. The Morgan fingerprint density at radius 3 is 2.56 bits per heavy atom. The van der Waals surface area contributed by atoms with Gasteiger partial charge in [-0.15, -0.1) is 0 Å². The molecule has 19 nitrogen and oxygen atoms in total. The largest absolute Gasteiger partial charge is 0.481 e. The topological polar surface area (TPSA) is 302 Å². The molecule has 1 aliphatic heterocycles. The fraction of sp³-hybridized carbons (Fsp3) is 0.500. The van der Waals surface area contributed by atoms with E-state index in [1.54, 1.807) is 0 Å². The molecule has 32 heavy (non-hydrogen) atoms. The number of anilines is 1. The predicted molar refractivity (Wildman–Crippen MR) is 99.4 cm³/mol. The van der Waals surface area contributed by atoms with Crippen LogP contribution in [0.2, 0.25) is 0 Å². The molecule has 0 aliphatic carbocycles. The Balaban J connectivity index is 1.93. The summed E-state index contributed by atoms with van der Waals surface area (Å²) in [6, 6.07) is 0. The van der Waals surface area contributed by atoms with Gasteiger partial charge >= 0.3 is 25.9 Å². The SMILES string of the molecule is Nc1nc2c(ncn2C2OC(COP(=O)(O)OP(=O)(O)O)C(O)C2OS(N)(=O)=O)c(=O)[nH]1. The first-order valence-electron chi connectivity index (χ1n) is 8.07. The van der Waals surface area contributed by atoms with Gasteiger partial charge < -0.3 is 30.3 Å².